The summed E-state index contributed by atoms with van der Waals surface area (Å²) in [6.07, 6.45) is 3.91. The predicted octanol–water partition coefficient (Wildman–Crippen LogP) is 3.28. The molecule has 2 aromatic rings. The third-order valence-electron chi connectivity index (χ3n) is 3.25. The van der Waals surface area contributed by atoms with E-state index in [-0.39, 0.29) is 12.4 Å². The van der Waals surface area contributed by atoms with E-state index in [4.69, 9.17) is 0 Å². The number of nitrogens with one attached hydrogen (secondary N) is 1. The van der Waals surface area contributed by atoms with Crippen LogP contribution in [-0.2, 0) is 13.1 Å². The molecule has 7 heteroatoms. The van der Waals surface area contributed by atoms with Gasteiger partial charge in [-0.05, 0) is 27.7 Å². The molecular weight excluding hydrogens is 293 g/mol. The first-order valence-electron chi connectivity index (χ1n) is 6.89. The standard InChI is InChI=1S/C14H22FN5.ClH/c1-10(2)20-9-13(12(4)17-20)7-16-14-11(3)8-19(18-14)6-5-15;/h8-10H,5-7H2,1-4H3,(H,16,18);1H. The van der Waals surface area contributed by atoms with Crippen molar-refractivity contribution in [3.8, 4) is 0 Å². The number of aryl methyl sites for hydroxylation is 3. The first-order valence-corrected chi connectivity index (χ1v) is 6.89. The molecule has 0 spiro atoms. The number of aromatic nitrogens is 4. The molecule has 0 saturated heterocycles. The van der Waals surface area contributed by atoms with Crippen LogP contribution in [0.5, 0.6) is 0 Å². The van der Waals surface area contributed by atoms with Gasteiger partial charge in [0.2, 0.25) is 0 Å². The maximum atomic E-state index is 12.3. The van der Waals surface area contributed by atoms with Crippen LogP contribution in [0.2, 0.25) is 0 Å². The van der Waals surface area contributed by atoms with E-state index >= 15 is 0 Å². The van der Waals surface area contributed by atoms with Crippen molar-refractivity contribution >= 4 is 18.2 Å². The Hall–Kier alpha value is -1.56. The third kappa shape index (κ3) is 4.20. The Morgan fingerprint density at radius 2 is 1.95 bits per heavy atom. The van der Waals surface area contributed by atoms with Gasteiger partial charge in [-0.15, -0.1) is 12.4 Å². The largest absolute Gasteiger partial charge is 0.364 e. The molecule has 21 heavy (non-hydrogen) atoms. The Morgan fingerprint density at radius 1 is 1.24 bits per heavy atom. The van der Waals surface area contributed by atoms with Crippen molar-refractivity contribution in [1.82, 2.24) is 19.6 Å². The molecule has 0 bridgehead atoms. The van der Waals surface area contributed by atoms with E-state index < -0.39 is 6.67 Å². The first kappa shape index (κ1) is 17.5. The van der Waals surface area contributed by atoms with Gasteiger partial charge in [-0.25, -0.2) is 4.39 Å². The van der Waals surface area contributed by atoms with Crippen LogP contribution >= 0.6 is 12.4 Å². The summed E-state index contributed by atoms with van der Waals surface area (Å²) in [7, 11) is 0. The molecule has 2 aromatic heterocycles. The molecule has 0 aromatic carbocycles. The summed E-state index contributed by atoms with van der Waals surface area (Å²) >= 11 is 0. The van der Waals surface area contributed by atoms with Gasteiger partial charge in [-0.3, -0.25) is 9.36 Å². The van der Waals surface area contributed by atoms with Gasteiger partial charge in [0.15, 0.2) is 5.82 Å². The fourth-order valence-electron chi connectivity index (χ4n) is 2.03. The average molecular weight is 316 g/mol. The second-order valence-corrected chi connectivity index (χ2v) is 5.28. The van der Waals surface area contributed by atoms with E-state index in [0.29, 0.717) is 19.1 Å². The van der Waals surface area contributed by atoms with Gasteiger partial charge in [0.25, 0.3) is 0 Å². The average Bonchev–Trinajstić information content (AvgIpc) is 2.91. The smallest absolute Gasteiger partial charge is 0.151 e. The molecule has 0 atom stereocenters. The molecule has 0 fully saturated rings. The molecule has 2 rings (SSSR count). The van der Waals surface area contributed by atoms with Gasteiger partial charge in [0.05, 0.1) is 12.2 Å². The van der Waals surface area contributed by atoms with Crippen LogP contribution < -0.4 is 5.32 Å². The number of halogens is 2. The highest BCUT2D eigenvalue weighted by Crippen LogP contribution is 2.15. The van der Waals surface area contributed by atoms with E-state index in [2.05, 4.69) is 35.6 Å². The molecule has 118 valence electrons. The van der Waals surface area contributed by atoms with Crippen molar-refractivity contribution in [2.24, 2.45) is 0 Å². The topological polar surface area (TPSA) is 47.7 Å². The zero-order valence-electron chi connectivity index (χ0n) is 12.9. The molecule has 0 aliphatic heterocycles. The molecule has 0 radical (unpaired) electrons. The van der Waals surface area contributed by atoms with Crippen LogP contribution in [0.4, 0.5) is 10.2 Å². The Bertz CT molecular complexity index is 576. The van der Waals surface area contributed by atoms with Crippen LogP contribution in [0.25, 0.3) is 0 Å². The molecule has 0 saturated carbocycles. The van der Waals surface area contributed by atoms with Gasteiger partial charge in [0.1, 0.15) is 6.67 Å². The molecule has 0 aliphatic rings. The Labute approximate surface area is 130 Å². The number of nitrogens with zero attached hydrogens (tertiary/aromatic N) is 4. The summed E-state index contributed by atoms with van der Waals surface area (Å²) in [5.74, 6) is 0.801. The Balaban J connectivity index is 0.00000220. The number of anilines is 1. The minimum Gasteiger partial charge on any atom is -0.364 e. The molecular formula is C14H23ClFN5. The molecule has 0 aliphatic carbocycles. The second-order valence-electron chi connectivity index (χ2n) is 5.28. The van der Waals surface area contributed by atoms with Gasteiger partial charge >= 0.3 is 0 Å². The lowest BCUT2D eigenvalue weighted by molar-refractivity contribution is 0.427. The SMILES string of the molecule is Cc1cn(CCF)nc1NCc1cn(C(C)C)nc1C.Cl. The Kier molecular flexibility index (Phi) is 6.20. The quantitative estimate of drug-likeness (QED) is 0.890. The fraction of sp³-hybridized carbons (Fsp3) is 0.571. The fourth-order valence-corrected chi connectivity index (χ4v) is 2.03. The number of rotatable bonds is 6. The highest BCUT2D eigenvalue weighted by molar-refractivity contribution is 5.85. The van der Waals surface area contributed by atoms with Crippen LogP contribution in [0.15, 0.2) is 12.4 Å². The lowest BCUT2D eigenvalue weighted by atomic mass is 10.2. The lowest BCUT2D eigenvalue weighted by Crippen LogP contribution is -2.04. The summed E-state index contributed by atoms with van der Waals surface area (Å²) in [6.45, 7) is 8.75. The highest BCUT2D eigenvalue weighted by Gasteiger charge is 2.09. The second kappa shape index (κ2) is 7.45. The summed E-state index contributed by atoms with van der Waals surface area (Å²) < 4.78 is 15.9. The van der Waals surface area contributed by atoms with Crippen LogP contribution in [0.3, 0.4) is 0 Å². The van der Waals surface area contributed by atoms with E-state index in [1.54, 1.807) is 4.68 Å². The molecule has 0 unspecified atom stereocenters. The van der Waals surface area contributed by atoms with E-state index in [9.17, 15) is 4.39 Å². The molecule has 5 nitrogen and oxygen atoms in total. The molecule has 1 N–H and O–H groups in total. The summed E-state index contributed by atoms with van der Waals surface area (Å²) in [5.41, 5.74) is 3.19. The van der Waals surface area contributed by atoms with E-state index in [0.717, 1.165) is 22.6 Å². The summed E-state index contributed by atoms with van der Waals surface area (Å²) in [5, 5.41) is 12.1. The normalized spacial score (nSPS) is 10.8. The number of alkyl halides is 1. The van der Waals surface area contributed by atoms with Crippen molar-refractivity contribution in [2.75, 3.05) is 12.0 Å². The van der Waals surface area contributed by atoms with Crippen LogP contribution in [-0.4, -0.2) is 26.2 Å². The predicted molar refractivity (Wildman–Crippen MR) is 84.9 cm³/mol. The van der Waals surface area contributed by atoms with Crippen LogP contribution in [0, 0.1) is 13.8 Å². The lowest BCUT2D eigenvalue weighted by Gasteiger charge is -2.04. The van der Waals surface area contributed by atoms with E-state index in [1.165, 1.54) is 0 Å². The molecule has 2 heterocycles. The number of hydrogen-bond donors (Lipinski definition) is 1. The van der Waals surface area contributed by atoms with Gasteiger partial charge < -0.3 is 5.32 Å². The minimum absolute atomic E-state index is 0. The summed E-state index contributed by atoms with van der Waals surface area (Å²) in [6, 6.07) is 0.355. The highest BCUT2D eigenvalue weighted by atomic mass is 35.5. The maximum Gasteiger partial charge on any atom is 0.151 e. The number of hydrogen-bond acceptors (Lipinski definition) is 3. The monoisotopic (exact) mass is 315 g/mol. The molecule has 0 amide bonds. The van der Waals surface area contributed by atoms with Crippen LogP contribution in [0.1, 0.15) is 36.7 Å². The van der Waals surface area contributed by atoms with Crippen molar-refractivity contribution in [2.45, 2.75) is 46.8 Å². The third-order valence-corrected chi connectivity index (χ3v) is 3.25. The van der Waals surface area contributed by atoms with Gasteiger partial charge in [0, 0.05) is 36.1 Å². The zero-order valence-corrected chi connectivity index (χ0v) is 13.7. The minimum atomic E-state index is -0.402. The van der Waals surface area contributed by atoms with Gasteiger partial charge in [-0.1, -0.05) is 0 Å². The van der Waals surface area contributed by atoms with Gasteiger partial charge in [-0.2, -0.15) is 10.2 Å². The Morgan fingerprint density at radius 3 is 2.52 bits per heavy atom. The van der Waals surface area contributed by atoms with Crippen molar-refractivity contribution in [3.63, 3.8) is 0 Å². The van der Waals surface area contributed by atoms with Crippen molar-refractivity contribution in [1.29, 1.82) is 0 Å². The van der Waals surface area contributed by atoms with Crippen molar-refractivity contribution < 1.29 is 4.39 Å². The van der Waals surface area contributed by atoms with Crippen molar-refractivity contribution in [3.05, 3.63) is 29.2 Å². The van der Waals surface area contributed by atoms with E-state index in [1.807, 2.05) is 24.7 Å². The maximum absolute atomic E-state index is 12.3. The summed E-state index contributed by atoms with van der Waals surface area (Å²) in [4.78, 5) is 0. The first-order chi connectivity index (χ1) is 9.51. The zero-order chi connectivity index (χ0) is 14.7.